The van der Waals surface area contributed by atoms with Crippen LogP contribution in [0.3, 0.4) is 0 Å². The van der Waals surface area contributed by atoms with Crippen LogP contribution in [-0.4, -0.2) is 81.8 Å². The molecule has 8 heteroatoms. The molecule has 3 heterocycles. The maximum absolute atomic E-state index is 14.0. The Balaban J connectivity index is 2.09. The Morgan fingerprint density at radius 1 is 1.30 bits per heavy atom. The quantitative estimate of drug-likeness (QED) is 0.287. The molecule has 33 heavy (non-hydrogen) atoms. The third kappa shape index (κ3) is 3.81. The molecule has 3 fully saturated rings. The van der Waals surface area contributed by atoms with Gasteiger partial charge >= 0.3 is 5.97 Å². The highest BCUT2D eigenvalue weighted by Crippen LogP contribution is 2.64. The molecule has 3 rings (SSSR count). The van der Waals surface area contributed by atoms with Gasteiger partial charge in [-0.2, -0.15) is 0 Å². The molecule has 184 valence electrons. The fraction of sp³-hybridized carbons (Fsp3) is 0.720. The summed E-state index contributed by atoms with van der Waals surface area (Å²) < 4.78 is 12.2. The monoisotopic (exact) mass is 462 g/mol. The van der Waals surface area contributed by atoms with E-state index in [-0.39, 0.29) is 31.1 Å². The minimum Gasteiger partial charge on any atom is -0.465 e. The Bertz CT molecular complexity index is 813. The summed E-state index contributed by atoms with van der Waals surface area (Å²) in [6.07, 6.45) is 5.45. The van der Waals surface area contributed by atoms with Crippen LogP contribution in [0.25, 0.3) is 0 Å². The van der Waals surface area contributed by atoms with Gasteiger partial charge in [-0.25, -0.2) is 0 Å². The molecule has 1 spiro atoms. The van der Waals surface area contributed by atoms with Crippen molar-refractivity contribution in [1.82, 2.24) is 9.80 Å². The van der Waals surface area contributed by atoms with Gasteiger partial charge in [0.15, 0.2) is 0 Å². The van der Waals surface area contributed by atoms with Crippen molar-refractivity contribution in [3.8, 4) is 0 Å². The minimum absolute atomic E-state index is 0.120. The lowest BCUT2D eigenvalue weighted by atomic mass is 9.65. The van der Waals surface area contributed by atoms with Crippen molar-refractivity contribution < 1.29 is 29.0 Å². The van der Waals surface area contributed by atoms with Crippen LogP contribution in [0.2, 0.25) is 0 Å². The molecule has 8 nitrogen and oxygen atoms in total. The minimum atomic E-state index is -1.12. The summed E-state index contributed by atoms with van der Waals surface area (Å²) in [6.45, 7) is 15.1. The Kier molecular flexibility index (Phi) is 7.39. The Morgan fingerprint density at radius 3 is 2.55 bits per heavy atom. The topological polar surface area (TPSA) is 96.4 Å². The van der Waals surface area contributed by atoms with Crippen LogP contribution in [0.4, 0.5) is 0 Å². The van der Waals surface area contributed by atoms with E-state index in [0.717, 1.165) is 0 Å². The molecule has 2 amide bonds. The molecule has 0 radical (unpaired) electrons. The lowest BCUT2D eigenvalue weighted by Crippen LogP contribution is -2.59. The number of hydrogen-bond donors (Lipinski definition) is 1. The zero-order valence-corrected chi connectivity index (χ0v) is 20.3. The molecule has 2 unspecified atom stereocenters. The summed E-state index contributed by atoms with van der Waals surface area (Å²) in [6, 6.07) is -1.63. The summed E-state index contributed by atoms with van der Waals surface area (Å²) in [5.41, 5.74) is -1.95. The molecule has 3 aliphatic rings. The molecule has 1 N–H and O–H groups in total. The molecular formula is C25H38N2O6. The van der Waals surface area contributed by atoms with Crippen molar-refractivity contribution in [1.29, 1.82) is 0 Å². The first-order valence-corrected chi connectivity index (χ1v) is 12.0. The van der Waals surface area contributed by atoms with Gasteiger partial charge in [0.25, 0.3) is 0 Å². The van der Waals surface area contributed by atoms with Crippen molar-refractivity contribution in [3.63, 3.8) is 0 Å². The predicted octanol–water partition coefficient (Wildman–Crippen LogP) is 2.06. The van der Waals surface area contributed by atoms with Gasteiger partial charge in [-0.05, 0) is 46.5 Å². The molecule has 3 saturated heterocycles. The van der Waals surface area contributed by atoms with Crippen molar-refractivity contribution >= 4 is 17.8 Å². The van der Waals surface area contributed by atoms with Gasteiger partial charge < -0.3 is 24.4 Å². The second-order valence-corrected chi connectivity index (χ2v) is 9.73. The number of nitrogens with zero attached hydrogens (tertiary/aromatic N) is 2. The number of carbonyl (C=O) groups is 3. The van der Waals surface area contributed by atoms with Crippen LogP contribution in [0, 0.1) is 11.8 Å². The number of hydrogen-bond acceptors (Lipinski definition) is 6. The molecule has 3 aliphatic heterocycles. The first-order chi connectivity index (χ1) is 15.7. The number of amides is 2. The normalized spacial score (nSPS) is 33.2. The number of carbonyl (C=O) groups excluding carboxylic acids is 3. The number of esters is 1. The summed E-state index contributed by atoms with van der Waals surface area (Å²) in [4.78, 5) is 44.2. The lowest BCUT2D eigenvalue weighted by Gasteiger charge is -2.39. The summed E-state index contributed by atoms with van der Waals surface area (Å²) >= 11 is 0. The largest absolute Gasteiger partial charge is 0.465 e. The van der Waals surface area contributed by atoms with Gasteiger partial charge in [-0.1, -0.05) is 19.1 Å². The van der Waals surface area contributed by atoms with Crippen LogP contribution < -0.4 is 0 Å². The average Bonchev–Trinajstić information content (AvgIpc) is 3.40. The molecule has 0 saturated carbocycles. The van der Waals surface area contributed by atoms with Crippen LogP contribution in [0.1, 0.15) is 53.4 Å². The van der Waals surface area contributed by atoms with E-state index >= 15 is 0 Å². The van der Waals surface area contributed by atoms with Crippen LogP contribution in [0.5, 0.6) is 0 Å². The molecule has 0 aliphatic carbocycles. The van der Waals surface area contributed by atoms with Crippen LogP contribution in [0.15, 0.2) is 25.3 Å². The van der Waals surface area contributed by atoms with Crippen molar-refractivity contribution in [2.24, 2.45) is 11.8 Å². The van der Waals surface area contributed by atoms with E-state index in [0.29, 0.717) is 32.2 Å². The van der Waals surface area contributed by atoms with E-state index < -0.39 is 41.1 Å². The van der Waals surface area contributed by atoms with Gasteiger partial charge in [-0.3, -0.25) is 14.4 Å². The Labute approximate surface area is 196 Å². The van der Waals surface area contributed by atoms with Crippen molar-refractivity contribution in [3.05, 3.63) is 25.3 Å². The highest BCUT2D eigenvalue weighted by molar-refractivity contribution is 5.98. The SMILES string of the molecule is C=CCCOC(=O)[C@@H]1[C@H]2C(=O)N([C@H](C)CO)C(C(=O)N(CC=C)C(C)C)C23CC[C@@]1(CC)O3. The number of ether oxygens (including phenoxy) is 2. The van der Waals surface area contributed by atoms with Crippen LogP contribution in [-0.2, 0) is 23.9 Å². The van der Waals surface area contributed by atoms with E-state index in [9.17, 15) is 19.5 Å². The molecular weight excluding hydrogens is 424 g/mol. The number of rotatable bonds is 11. The average molecular weight is 463 g/mol. The van der Waals surface area contributed by atoms with E-state index in [1.165, 1.54) is 4.90 Å². The smallest absolute Gasteiger partial charge is 0.312 e. The van der Waals surface area contributed by atoms with Gasteiger partial charge in [0.2, 0.25) is 11.8 Å². The van der Waals surface area contributed by atoms with Gasteiger partial charge in [-0.15, -0.1) is 13.2 Å². The maximum atomic E-state index is 14.0. The fourth-order valence-electron chi connectivity index (χ4n) is 6.04. The molecule has 0 aromatic heterocycles. The third-order valence-corrected chi connectivity index (χ3v) is 7.64. The zero-order chi connectivity index (χ0) is 24.6. The summed E-state index contributed by atoms with van der Waals surface area (Å²) in [5, 5.41) is 9.93. The predicted molar refractivity (Wildman–Crippen MR) is 123 cm³/mol. The fourth-order valence-corrected chi connectivity index (χ4v) is 6.04. The van der Waals surface area contributed by atoms with E-state index in [4.69, 9.17) is 9.47 Å². The number of likely N-dealkylation sites (tertiary alicyclic amines) is 1. The molecule has 6 atom stereocenters. The van der Waals surface area contributed by atoms with Crippen LogP contribution >= 0.6 is 0 Å². The molecule has 2 bridgehead atoms. The second-order valence-electron chi connectivity index (χ2n) is 9.73. The van der Waals surface area contributed by atoms with E-state index in [1.807, 2.05) is 20.8 Å². The third-order valence-electron chi connectivity index (χ3n) is 7.64. The second kappa shape index (κ2) is 9.58. The first-order valence-electron chi connectivity index (χ1n) is 12.0. The highest BCUT2D eigenvalue weighted by atomic mass is 16.6. The summed E-state index contributed by atoms with van der Waals surface area (Å²) in [5.74, 6) is -2.63. The van der Waals surface area contributed by atoms with Gasteiger partial charge in [0.1, 0.15) is 17.6 Å². The van der Waals surface area contributed by atoms with Gasteiger partial charge in [0, 0.05) is 12.6 Å². The zero-order valence-electron chi connectivity index (χ0n) is 20.3. The first kappa shape index (κ1) is 25.4. The van der Waals surface area contributed by atoms with Gasteiger partial charge in [0.05, 0.1) is 30.8 Å². The van der Waals surface area contributed by atoms with E-state index in [2.05, 4.69) is 13.2 Å². The number of aliphatic hydroxyl groups excluding tert-OH is 1. The lowest BCUT2D eigenvalue weighted by molar-refractivity contribution is -0.163. The van der Waals surface area contributed by atoms with Crippen molar-refractivity contribution in [2.75, 3.05) is 19.8 Å². The maximum Gasteiger partial charge on any atom is 0.312 e. The number of aliphatic hydroxyl groups is 1. The standard InChI is InChI=1S/C25H38N2O6/c1-7-10-14-32-23(31)19-18-21(29)27(17(6)15-28)20(22(30)26(13-8-2)16(4)5)25(18)12-11-24(19,9-3)33-25/h7-8,16-20,28H,1-2,9-15H2,3-6H3/t17-,18+,19+,20?,24-,25?/m1/s1. The highest BCUT2D eigenvalue weighted by Gasteiger charge is 2.79. The Morgan fingerprint density at radius 2 is 2.00 bits per heavy atom. The molecule has 0 aromatic carbocycles. The molecule has 0 aromatic rings. The number of fused-ring (bicyclic) bond motifs is 1. The Hall–Kier alpha value is -2.19. The van der Waals surface area contributed by atoms with Crippen molar-refractivity contribution in [2.45, 2.75) is 82.7 Å². The van der Waals surface area contributed by atoms with E-state index in [1.54, 1.807) is 24.0 Å². The summed E-state index contributed by atoms with van der Waals surface area (Å²) in [7, 11) is 0.